The van der Waals surface area contributed by atoms with E-state index in [0.717, 1.165) is 28.6 Å². The van der Waals surface area contributed by atoms with Crippen LogP contribution < -0.4 is 0 Å². The monoisotopic (exact) mass is 315 g/mol. The van der Waals surface area contributed by atoms with Crippen molar-refractivity contribution in [2.24, 2.45) is 10.2 Å². The lowest BCUT2D eigenvalue weighted by atomic mass is 10.1. The van der Waals surface area contributed by atoms with E-state index in [4.69, 9.17) is 0 Å². The number of aryl methyl sites for hydroxylation is 2. The third kappa shape index (κ3) is 2.67. The van der Waals surface area contributed by atoms with Crippen LogP contribution in [0.5, 0.6) is 5.88 Å². The highest BCUT2D eigenvalue weighted by Gasteiger charge is 2.16. The van der Waals surface area contributed by atoms with Gasteiger partial charge in [-0.3, -0.25) is 0 Å². The van der Waals surface area contributed by atoms with Crippen LogP contribution in [-0.4, -0.2) is 9.67 Å². The second kappa shape index (κ2) is 5.79. The van der Waals surface area contributed by atoms with Crippen LogP contribution in [0.1, 0.15) is 12.5 Å². The van der Waals surface area contributed by atoms with Gasteiger partial charge in [-0.2, -0.15) is 0 Å². The van der Waals surface area contributed by atoms with E-state index in [1.807, 2.05) is 32.0 Å². The Kier molecular flexibility index (Phi) is 3.82. The quantitative estimate of drug-likeness (QED) is 0.649. The summed E-state index contributed by atoms with van der Waals surface area (Å²) < 4.78 is 28.3. The second-order valence-electron chi connectivity index (χ2n) is 5.23. The maximum atomic E-state index is 13.6. The van der Waals surface area contributed by atoms with Crippen molar-refractivity contribution in [2.45, 2.75) is 20.4 Å². The fourth-order valence-electron chi connectivity index (χ4n) is 2.52. The molecule has 0 radical (unpaired) electrons. The Balaban J connectivity index is 2.14. The molecule has 0 atom stereocenters. The normalized spacial score (nSPS) is 11.7. The van der Waals surface area contributed by atoms with Gasteiger partial charge in [0.05, 0.1) is 5.52 Å². The molecule has 2 aromatic carbocycles. The van der Waals surface area contributed by atoms with Crippen LogP contribution in [0.3, 0.4) is 0 Å². The Morgan fingerprint density at radius 1 is 1.09 bits per heavy atom. The number of azo groups is 1. The Morgan fingerprint density at radius 2 is 1.87 bits per heavy atom. The van der Waals surface area contributed by atoms with Crippen LogP contribution in [0.2, 0.25) is 0 Å². The average molecular weight is 315 g/mol. The zero-order valence-electron chi connectivity index (χ0n) is 12.7. The van der Waals surface area contributed by atoms with E-state index in [1.54, 1.807) is 4.57 Å². The average Bonchev–Trinajstić information content (AvgIpc) is 2.77. The molecule has 1 N–H and O–H groups in total. The molecule has 0 fully saturated rings. The minimum atomic E-state index is -0.802. The molecule has 0 saturated carbocycles. The van der Waals surface area contributed by atoms with Crippen molar-refractivity contribution < 1.29 is 13.9 Å². The van der Waals surface area contributed by atoms with Crippen LogP contribution in [0.25, 0.3) is 10.9 Å². The fourth-order valence-corrected chi connectivity index (χ4v) is 2.52. The summed E-state index contributed by atoms with van der Waals surface area (Å²) in [4.78, 5) is 0. The number of halogens is 2. The first-order valence-electron chi connectivity index (χ1n) is 7.20. The van der Waals surface area contributed by atoms with E-state index < -0.39 is 11.6 Å². The Hall–Kier alpha value is -2.76. The standard InChI is InChI=1S/C17H15F2N3O/c1-3-22-15-7-4-10(2)8-12(15)16(17(22)23)21-20-14-6-5-11(18)9-13(14)19/h4-9,23H,3H2,1-2H3. The molecule has 3 rings (SSSR count). The van der Waals surface area contributed by atoms with Gasteiger partial charge in [0.25, 0.3) is 0 Å². The zero-order valence-corrected chi connectivity index (χ0v) is 12.7. The molecule has 0 aliphatic heterocycles. The number of rotatable bonds is 3. The Bertz CT molecular complexity index is 916. The molecule has 0 aliphatic rings. The van der Waals surface area contributed by atoms with Gasteiger partial charge in [0, 0.05) is 18.0 Å². The van der Waals surface area contributed by atoms with E-state index in [1.165, 1.54) is 6.07 Å². The molecule has 1 heterocycles. The van der Waals surface area contributed by atoms with E-state index in [-0.39, 0.29) is 17.3 Å². The lowest BCUT2D eigenvalue weighted by Crippen LogP contribution is -1.91. The summed E-state index contributed by atoms with van der Waals surface area (Å²) in [5.74, 6) is -1.51. The number of nitrogens with zero attached hydrogens (tertiary/aromatic N) is 3. The first-order chi connectivity index (χ1) is 11.0. The molecule has 0 aliphatic carbocycles. The fraction of sp³-hybridized carbons (Fsp3) is 0.176. The predicted octanol–water partition coefficient (Wildman–Crippen LogP) is 5.37. The van der Waals surface area contributed by atoms with E-state index in [9.17, 15) is 13.9 Å². The van der Waals surface area contributed by atoms with Gasteiger partial charge in [-0.1, -0.05) is 11.6 Å². The summed E-state index contributed by atoms with van der Waals surface area (Å²) in [7, 11) is 0. The number of hydrogen-bond acceptors (Lipinski definition) is 3. The van der Waals surface area contributed by atoms with Crippen molar-refractivity contribution in [1.82, 2.24) is 4.57 Å². The van der Waals surface area contributed by atoms with Gasteiger partial charge >= 0.3 is 0 Å². The molecule has 0 unspecified atom stereocenters. The highest BCUT2D eigenvalue weighted by Crippen LogP contribution is 2.40. The lowest BCUT2D eigenvalue weighted by molar-refractivity contribution is 0.427. The summed E-state index contributed by atoms with van der Waals surface area (Å²) >= 11 is 0. The van der Waals surface area contributed by atoms with Gasteiger partial charge in [-0.15, -0.1) is 10.2 Å². The first-order valence-corrected chi connectivity index (χ1v) is 7.20. The summed E-state index contributed by atoms with van der Waals surface area (Å²) in [6, 6.07) is 8.77. The highest BCUT2D eigenvalue weighted by atomic mass is 19.1. The molecule has 0 saturated heterocycles. The van der Waals surface area contributed by atoms with Gasteiger partial charge in [-0.05, 0) is 38.1 Å². The van der Waals surface area contributed by atoms with Gasteiger partial charge < -0.3 is 9.67 Å². The Labute approximate surface area is 131 Å². The molecule has 0 bridgehead atoms. The smallest absolute Gasteiger partial charge is 0.220 e. The minimum Gasteiger partial charge on any atom is -0.493 e. The highest BCUT2D eigenvalue weighted by molar-refractivity contribution is 5.95. The third-order valence-electron chi connectivity index (χ3n) is 3.65. The molecule has 1 aromatic heterocycles. The number of aromatic hydroxyl groups is 1. The SMILES string of the molecule is CCn1c(O)c(N=Nc2ccc(F)cc2F)c2cc(C)ccc21. The number of benzene rings is 2. The van der Waals surface area contributed by atoms with E-state index in [2.05, 4.69) is 10.2 Å². The van der Waals surface area contributed by atoms with Crippen molar-refractivity contribution in [3.63, 3.8) is 0 Å². The van der Waals surface area contributed by atoms with Crippen LogP contribution >= 0.6 is 0 Å². The molecule has 118 valence electrons. The molecule has 6 heteroatoms. The summed E-state index contributed by atoms with van der Waals surface area (Å²) in [5.41, 5.74) is 2.02. The Morgan fingerprint density at radius 3 is 2.57 bits per heavy atom. The zero-order chi connectivity index (χ0) is 16.6. The topological polar surface area (TPSA) is 49.9 Å². The molecule has 4 nitrogen and oxygen atoms in total. The maximum absolute atomic E-state index is 13.6. The van der Waals surface area contributed by atoms with Crippen LogP contribution in [0, 0.1) is 18.6 Å². The van der Waals surface area contributed by atoms with Gasteiger partial charge in [0.2, 0.25) is 5.88 Å². The molecular weight excluding hydrogens is 300 g/mol. The van der Waals surface area contributed by atoms with Crippen molar-refractivity contribution >= 4 is 22.3 Å². The van der Waals surface area contributed by atoms with Crippen LogP contribution in [0.15, 0.2) is 46.6 Å². The molecule has 23 heavy (non-hydrogen) atoms. The molecular formula is C17H15F2N3O. The van der Waals surface area contributed by atoms with Crippen molar-refractivity contribution in [3.05, 3.63) is 53.6 Å². The van der Waals surface area contributed by atoms with Crippen LogP contribution in [0.4, 0.5) is 20.2 Å². The van der Waals surface area contributed by atoms with Crippen molar-refractivity contribution in [2.75, 3.05) is 0 Å². The summed E-state index contributed by atoms with van der Waals surface area (Å²) in [6.07, 6.45) is 0. The summed E-state index contributed by atoms with van der Waals surface area (Å²) in [6.45, 7) is 4.39. The largest absolute Gasteiger partial charge is 0.493 e. The summed E-state index contributed by atoms with van der Waals surface area (Å²) in [5, 5.41) is 18.9. The third-order valence-corrected chi connectivity index (χ3v) is 3.65. The second-order valence-corrected chi connectivity index (χ2v) is 5.23. The van der Waals surface area contributed by atoms with Gasteiger partial charge in [0.15, 0.2) is 11.5 Å². The van der Waals surface area contributed by atoms with Crippen molar-refractivity contribution in [1.29, 1.82) is 0 Å². The number of fused-ring (bicyclic) bond motifs is 1. The molecule has 3 aromatic rings. The first kappa shape index (κ1) is 15.1. The van der Waals surface area contributed by atoms with E-state index in [0.29, 0.717) is 6.54 Å². The number of hydrogen-bond donors (Lipinski definition) is 1. The van der Waals surface area contributed by atoms with Gasteiger partial charge in [-0.25, -0.2) is 8.78 Å². The lowest BCUT2D eigenvalue weighted by Gasteiger charge is -2.01. The maximum Gasteiger partial charge on any atom is 0.220 e. The van der Waals surface area contributed by atoms with Gasteiger partial charge in [0.1, 0.15) is 11.5 Å². The number of aromatic nitrogens is 1. The van der Waals surface area contributed by atoms with E-state index >= 15 is 0 Å². The van der Waals surface area contributed by atoms with Crippen LogP contribution in [-0.2, 0) is 6.54 Å². The van der Waals surface area contributed by atoms with Crippen molar-refractivity contribution in [3.8, 4) is 5.88 Å². The molecule has 0 amide bonds. The minimum absolute atomic E-state index is 0.0284. The predicted molar refractivity (Wildman–Crippen MR) is 84.5 cm³/mol. The molecule has 0 spiro atoms.